The van der Waals surface area contributed by atoms with Crippen LogP contribution in [-0.2, 0) is 11.2 Å². The van der Waals surface area contributed by atoms with E-state index in [1.165, 1.54) is 0 Å². The predicted octanol–water partition coefficient (Wildman–Crippen LogP) is 2.79. The highest BCUT2D eigenvalue weighted by Gasteiger charge is 2.06. The number of benzene rings is 1. The number of amides is 1. The highest BCUT2D eigenvalue weighted by Crippen LogP contribution is 2.14. The molecule has 0 aliphatic rings. The molecule has 0 spiro atoms. The van der Waals surface area contributed by atoms with Crippen molar-refractivity contribution in [2.75, 3.05) is 5.32 Å². The summed E-state index contributed by atoms with van der Waals surface area (Å²) in [7, 11) is 0. The van der Waals surface area contributed by atoms with Gasteiger partial charge in [-0.1, -0.05) is 23.7 Å². The van der Waals surface area contributed by atoms with Crippen molar-refractivity contribution >= 4 is 34.4 Å². The number of H-pyrrole nitrogens is 1. The molecule has 0 aliphatic heterocycles. The Morgan fingerprint density at radius 2 is 2.05 bits per heavy atom. The number of aromatic nitrogens is 3. The van der Waals surface area contributed by atoms with Gasteiger partial charge in [0.25, 0.3) is 0 Å². The summed E-state index contributed by atoms with van der Waals surface area (Å²) in [5, 5.41) is 3.46. The van der Waals surface area contributed by atoms with E-state index in [2.05, 4.69) is 20.3 Å². The van der Waals surface area contributed by atoms with Gasteiger partial charge < -0.3 is 10.3 Å². The van der Waals surface area contributed by atoms with Gasteiger partial charge in [-0.25, -0.2) is 9.97 Å². The van der Waals surface area contributed by atoms with Crippen molar-refractivity contribution in [3.05, 3.63) is 53.4 Å². The largest absolute Gasteiger partial charge is 0.343 e. The first-order valence-corrected chi connectivity index (χ1v) is 6.42. The molecular formula is C14H11ClN4O. The van der Waals surface area contributed by atoms with Crippen LogP contribution in [0.5, 0.6) is 0 Å². The Bertz CT molecular complexity index is 751. The third-order valence-corrected chi connectivity index (χ3v) is 3.09. The fourth-order valence-corrected chi connectivity index (χ4v) is 2.02. The molecule has 0 fully saturated rings. The van der Waals surface area contributed by atoms with Crippen molar-refractivity contribution < 1.29 is 4.79 Å². The number of anilines is 1. The quantitative estimate of drug-likeness (QED) is 0.778. The van der Waals surface area contributed by atoms with Gasteiger partial charge in [0.05, 0.1) is 30.1 Å². The molecule has 0 bridgehead atoms. The van der Waals surface area contributed by atoms with Crippen LogP contribution in [0.1, 0.15) is 5.56 Å². The number of pyridine rings is 1. The lowest BCUT2D eigenvalue weighted by Gasteiger charge is -2.05. The van der Waals surface area contributed by atoms with E-state index < -0.39 is 0 Å². The van der Waals surface area contributed by atoms with Gasteiger partial charge >= 0.3 is 0 Å². The smallest absolute Gasteiger partial charge is 0.228 e. The lowest BCUT2D eigenvalue weighted by molar-refractivity contribution is -0.115. The third-order valence-electron chi connectivity index (χ3n) is 2.84. The Kier molecular flexibility index (Phi) is 3.35. The van der Waals surface area contributed by atoms with Gasteiger partial charge in [-0.05, 0) is 23.8 Å². The van der Waals surface area contributed by atoms with Crippen molar-refractivity contribution in [3.8, 4) is 0 Å². The highest BCUT2D eigenvalue weighted by atomic mass is 35.5. The maximum atomic E-state index is 11.9. The van der Waals surface area contributed by atoms with Crippen molar-refractivity contribution in [1.29, 1.82) is 0 Å². The Hall–Kier alpha value is -2.40. The van der Waals surface area contributed by atoms with Crippen LogP contribution in [0.2, 0.25) is 5.02 Å². The standard InChI is InChI=1S/C14H11ClN4O/c15-10-3-1-9(2-4-10)5-13(20)19-11-6-12-14(16-7-11)18-8-17-12/h1-4,6-8H,5H2,(H,19,20)(H,16,17,18). The van der Waals surface area contributed by atoms with Gasteiger partial charge in [0.1, 0.15) is 0 Å². The lowest BCUT2D eigenvalue weighted by atomic mass is 10.1. The van der Waals surface area contributed by atoms with E-state index in [9.17, 15) is 4.79 Å². The summed E-state index contributed by atoms with van der Waals surface area (Å²) < 4.78 is 0. The van der Waals surface area contributed by atoms with Crippen LogP contribution in [0.25, 0.3) is 11.2 Å². The molecule has 1 amide bonds. The molecule has 2 aromatic heterocycles. The van der Waals surface area contributed by atoms with Crippen LogP contribution in [-0.4, -0.2) is 20.9 Å². The molecule has 3 rings (SSSR count). The van der Waals surface area contributed by atoms with E-state index >= 15 is 0 Å². The average Bonchev–Trinajstić information content (AvgIpc) is 2.89. The second-order valence-corrected chi connectivity index (χ2v) is 4.79. The van der Waals surface area contributed by atoms with Crippen LogP contribution in [0, 0.1) is 0 Å². The second-order valence-electron chi connectivity index (χ2n) is 4.35. The first-order chi connectivity index (χ1) is 9.70. The summed E-state index contributed by atoms with van der Waals surface area (Å²) in [6, 6.07) is 9.00. The summed E-state index contributed by atoms with van der Waals surface area (Å²) in [6.45, 7) is 0. The molecule has 5 nitrogen and oxygen atoms in total. The predicted molar refractivity (Wildman–Crippen MR) is 77.7 cm³/mol. The maximum Gasteiger partial charge on any atom is 0.228 e. The molecule has 2 heterocycles. The number of carbonyl (C=O) groups is 1. The molecule has 0 saturated heterocycles. The van der Waals surface area contributed by atoms with E-state index in [1.54, 1.807) is 30.7 Å². The van der Waals surface area contributed by atoms with Gasteiger partial charge in [0, 0.05) is 5.02 Å². The van der Waals surface area contributed by atoms with Crippen LogP contribution in [0.4, 0.5) is 5.69 Å². The van der Waals surface area contributed by atoms with E-state index in [0.717, 1.165) is 11.1 Å². The minimum Gasteiger partial charge on any atom is -0.343 e. The number of fused-ring (bicyclic) bond motifs is 1. The van der Waals surface area contributed by atoms with Gasteiger partial charge in [0.15, 0.2) is 5.65 Å². The molecule has 100 valence electrons. The van der Waals surface area contributed by atoms with Crippen molar-refractivity contribution in [1.82, 2.24) is 15.0 Å². The Balaban J connectivity index is 1.70. The number of nitrogens with zero attached hydrogens (tertiary/aromatic N) is 2. The zero-order valence-electron chi connectivity index (χ0n) is 10.4. The molecule has 1 aromatic carbocycles. The fraction of sp³-hybridized carbons (Fsp3) is 0.0714. The molecule has 0 atom stereocenters. The molecule has 3 aromatic rings. The van der Waals surface area contributed by atoms with Crippen LogP contribution in [0.15, 0.2) is 42.9 Å². The summed E-state index contributed by atoms with van der Waals surface area (Å²) in [4.78, 5) is 23.1. The summed E-state index contributed by atoms with van der Waals surface area (Å²) in [5.41, 5.74) is 2.96. The first-order valence-electron chi connectivity index (χ1n) is 6.04. The van der Waals surface area contributed by atoms with E-state index in [1.807, 2.05) is 12.1 Å². The second kappa shape index (κ2) is 5.30. The molecule has 20 heavy (non-hydrogen) atoms. The number of aromatic amines is 1. The molecule has 2 N–H and O–H groups in total. The number of halogens is 1. The topological polar surface area (TPSA) is 70.7 Å². The molecular weight excluding hydrogens is 276 g/mol. The van der Waals surface area contributed by atoms with Gasteiger partial charge in [0.2, 0.25) is 5.91 Å². The van der Waals surface area contributed by atoms with Gasteiger partial charge in [-0.15, -0.1) is 0 Å². The Labute approximate surface area is 120 Å². The first kappa shape index (κ1) is 12.6. The number of nitrogens with one attached hydrogen (secondary N) is 2. The van der Waals surface area contributed by atoms with Crippen molar-refractivity contribution in [3.63, 3.8) is 0 Å². The van der Waals surface area contributed by atoms with E-state index in [0.29, 0.717) is 16.4 Å². The maximum absolute atomic E-state index is 11.9. The van der Waals surface area contributed by atoms with Gasteiger partial charge in [-0.2, -0.15) is 0 Å². The zero-order valence-corrected chi connectivity index (χ0v) is 11.2. The highest BCUT2D eigenvalue weighted by molar-refractivity contribution is 6.30. The van der Waals surface area contributed by atoms with E-state index in [-0.39, 0.29) is 12.3 Å². The normalized spacial score (nSPS) is 10.7. The van der Waals surface area contributed by atoms with Crippen molar-refractivity contribution in [2.45, 2.75) is 6.42 Å². The number of imidazole rings is 1. The van der Waals surface area contributed by atoms with Crippen LogP contribution < -0.4 is 5.32 Å². The Morgan fingerprint density at radius 3 is 2.85 bits per heavy atom. The lowest BCUT2D eigenvalue weighted by Crippen LogP contribution is -2.14. The minimum absolute atomic E-state index is 0.104. The zero-order chi connectivity index (χ0) is 13.9. The summed E-state index contributed by atoms with van der Waals surface area (Å²) >= 11 is 5.80. The fourth-order valence-electron chi connectivity index (χ4n) is 1.89. The number of carbonyl (C=O) groups excluding carboxylic acids is 1. The van der Waals surface area contributed by atoms with E-state index in [4.69, 9.17) is 11.6 Å². The summed E-state index contributed by atoms with van der Waals surface area (Å²) in [6.07, 6.45) is 3.44. The van der Waals surface area contributed by atoms with Crippen LogP contribution >= 0.6 is 11.6 Å². The summed E-state index contributed by atoms with van der Waals surface area (Å²) in [5.74, 6) is -0.104. The molecule has 0 aliphatic carbocycles. The average molecular weight is 287 g/mol. The third kappa shape index (κ3) is 2.78. The number of rotatable bonds is 3. The SMILES string of the molecule is O=C(Cc1ccc(Cl)cc1)Nc1cnc2nc[nH]c2c1. The van der Waals surface area contributed by atoms with Gasteiger partial charge in [-0.3, -0.25) is 4.79 Å². The number of hydrogen-bond acceptors (Lipinski definition) is 3. The molecule has 6 heteroatoms. The van der Waals surface area contributed by atoms with Crippen LogP contribution in [0.3, 0.4) is 0 Å². The molecule has 0 unspecified atom stereocenters. The Morgan fingerprint density at radius 1 is 1.25 bits per heavy atom. The molecule has 0 saturated carbocycles. The minimum atomic E-state index is -0.104. The van der Waals surface area contributed by atoms with Crippen molar-refractivity contribution in [2.24, 2.45) is 0 Å². The monoisotopic (exact) mass is 286 g/mol. The molecule has 0 radical (unpaired) electrons. The number of hydrogen-bond donors (Lipinski definition) is 2.